The Labute approximate surface area is 88.6 Å². The Morgan fingerprint density at radius 3 is 2.00 bits per heavy atom. The van der Waals surface area contributed by atoms with Crippen LogP contribution in [-0.2, 0) is 0 Å². The highest BCUT2D eigenvalue weighted by Gasteiger charge is 2.42. The number of hydrogen-bond acceptors (Lipinski definition) is 1. The molecule has 0 N–H and O–H groups in total. The van der Waals surface area contributed by atoms with E-state index in [4.69, 9.17) is 0 Å². The molecular weight excluding hydrogens is 170 g/mol. The van der Waals surface area contributed by atoms with Crippen LogP contribution in [0.3, 0.4) is 0 Å². The van der Waals surface area contributed by atoms with E-state index >= 15 is 0 Å². The van der Waals surface area contributed by atoms with E-state index in [1.807, 2.05) is 6.08 Å². The standard InChI is InChI=1S/C13H23N/c1-8-11(4)12(5,9-2)13(6,10-3)14-7/h8H,1,4,7,9-10H2,2-3,5-6H3. The molecule has 0 heterocycles. The molecule has 0 saturated heterocycles. The normalized spacial score (nSPS) is 19.1. The number of hydrogen-bond donors (Lipinski definition) is 0. The number of aliphatic imine (C=N–C) groups is 1. The molecule has 0 saturated carbocycles. The van der Waals surface area contributed by atoms with Crippen LogP contribution in [0.5, 0.6) is 0 Å². The molecule has 0 aliphatic carbocycles. The van der Waals surface area contributed by atoms with Gasteiger partial charge in [0.05, 0.1) is 5.54 Å². The summed E-state index contributed by atoms with van der Waals surface area (Å²) in [7, 11) is 0. The SMILES string of the molecule is C=CC(=C)C(C)(CC)C(C)(CC)N=C. The molecular formula is C13H23N. The summed E-state index contributed by atoms with van der Waals surface area (Å²) in [6, 6.07) is 0. The monoisotopic (exact) mass is 193 g/mol. The molecule has 2 atom stereocenters. The Hall–Kier alpha value is -0.850. The van der Waals surface area contributed by atoms with Crippen molar-refractivity contribution in [1.82, 2.24) is 0 Å². The molecule has 2 unspecified atom stereocenters. The molecule has 0 aromatic carbocycles. The van der Waals surface area contributed by atoms with Crippen LogP contribution < -0.4 is 0 Å². The van der Waals surface area contributed by atoms with Gasteiger partial charge in [-0.25, -0.2) is 0 Å². The topological polar surface area (TPSA) is 12.4 Å². The molecule has 80 valence electrons. The summed E-state index contributed by atoms with van der Waals surface area (Å²) in [4.78, 5) is 4.29. The van der Waals surface area contributed by atoms with Crippen molar-refractivity contribution in [2.75, 3.05) is 0 Å². The van der Waals surface area contributed by atoms with Gasteiger partial charge in [-0.3, -0.25) is 4.99 Å². The van der Waals surface area contributed by atoms with Gasteiger partial charge < -0.3 is 0 Å². The molecule has 0 rings (SSSR count). The lowest BCUT2D eigenvalue weighted by atomic mass is 9.64. The molecule has 0 aliphatic heterocycles. The van der Waals surface area contributed by atoms with Crippen LogP contribution >= 0.6 is 0 Å². The summed E-state index contributed by atoms with van der Waals surface area (Å²) in [6.45, 7) is 20.2. The molecule has 14 heavy (non-hydrogen) atoms. The third-order valence-corrected chi connectivity index (χ3v) is 3.89. The first-order valence-corrected chi connectivity index (χ1v) is 5.21. The average molecular weight is 193 g/mol. The smallest absolute Gasteiger partial charge is 0.0663 e. The first kappa shape index (κ1) is 13.2. The fraction of sp³-hybridized carbons (Fsp3) is 0.615. The van der Waals surface area contributed by atoms with Crippen molar-refractivity contribution in [3.8, 4) is 0 Å². The fourth-order valence-corrected chi connectivity index (χ4v) is 1.86. The summed E-state index contributed by atoms with van der Waals surface area (Å²) < 4.78 is 0. The van der Waals surface area contributed by atoms with Crippen molar-refractivity contribution in [3.63, 3.8) is 0 Å². The van der Waals surface area contributed by atoms with Gasteiger partial charge >= 0.3 is 0 Å². The number of allylic oxidation sites excluding steroid dienone is 1. The van der Waals surface area contributed by atoms with E-state index in [-0.39, 0.29) is 11.0 Å². The summed E-state index contributed by atoms with van der Waals surface area (Å²) in [5.74, 6) is 0. The zero-order valence-corrected chi connectivity index (χ0v) is 10.1. The van der Waals surface area contributed by atoms with E-state index in [2.05, 4.69) is 52.6 Å². The van der Waals surface area contributed by atoms with Crippen LogP contribution in [0, 0.1) is 5.41 Å². The summed E-state index contributed by atoms with van der Waals surface area (Å²) >= 11 is 0. The average Bonchev–Trinajstić information content (AvgIpc) is 2.25. The van der Waals surface area contributed by atoms with Gasteiger partial charge in [0.25, 0.3) is 0 Å². The second-order valence-electron chi connectivity index (χ2n) is 4.20. The van der Waals surface area contributed by atoms with Gasteiger partial charge in [-0.05, 0) is 32.1 Å². The molecule has 1 heteroatoms. The van der Waals surface area contributed by atoms with Crippen LogP contribution in [0.1, 0.15) is 40.5 Å². The zero-order valence-electron chi connectivity index (χ0n) is 10.1. The van der Waals surface area contributed by atoms with Gasteiger partial charge in [-0.1, -0.05) is 40.0 Å². The molecule has 0 aromatic rings. The maximum absolute atomic E-state index is 4.29. The number of nitrogens with zero attached hydrogens (tertiary/aromatic N) is 1. The van der Waals surface area contributed by atoms with Crippen LogP contribution in [-0.4, -0.2) is 12.3 Å². The third-order valence-electron chi connectivity index (χ3n) is 3.89. The maximum atomic E-state index is 4.29. The van der Waals surface area contributed by atoms with E-state index in [1.165, 1.54) is 0 Å². The van der Waals surface area contributed by atoms with Crippen LogP contribution in [0.2, 0.25) is 0 Å². The predicted octanol–water partition coefficient (Wildman–Crippen LogP) is 4.01. The van der Waals surface area contributed by atoms with Crippen molar-refractivity contribution in [3.05, 3.63) is 24.8 Å². The quantitative estimate of drug-likeness (QED) is 0.446. The Kier molecular flexibility index (Phi) is 4.31. The summed E-state index contributed by atoms with van der Waals surface area (Å²) in [6.07, 6.45) is 3.80. The van der Waals surface area contributed by atoms with Gasteiger partial charge in [0.1, 0.15) is 0 Å². The van der Waals surface area contributed by atoms with Gasteiger partial charge in [-0.2, -0.15) is 0 Å². The second kappa shape index (κ2) is 4.59. The Morgan fingerprint density at radius 1 is 1.29 bits per heavy atom. The highest BCUT2D eigenvalue weighted by molar-refractivity contribution is 5.32. The number of rotatable bonds is 6. The molecule has 0 bridgehead atoms. The minimum absolute atomic E-state index is 0.0365. The highest BCUT2D eigenvalue weighted by atomic mass is 14.9. The molecule has 0 radical (unpaired) electrons. The van der Waals surface area contributed by atoms with E-state index in [0.717, 1.165) is 18.4 Å². The van der Waals surface area contributed by atoms with Crippen molar-refractivity contribution >= 4 is 6.72 Å². The van der Waals surface area contributed by atoms with Crippen molar-refractivity contribution in [1.29, 1.82) is 0 Å². The molecule has 0 spiro atoms. The molecule has 0 aliphatic rings. The van der Waals surface area contributed by atoms with E-state index in [0.29, 0.717) is 0 Å². The molecule has 0 aromatic heterocycles. The van der Waals surface area contributed by atoms with Gasteiger partial charge in [0.2, 0.25) is 0 Å². The van der Waals surface area contributed by atoms with Gasteiger partial charge in [-0.15, -0.1) is 0 Å². The first-order valence-electron chi connectivity index (χ1n) is 5.21. The lowest BCUT2D eigenvalue weighted by molar-refractivity contribution is 0.200. The van der Waals surface area contributed by atoms with Crippen molar-refractivity contribution in [2.45, 2.75) is 46.1 Å². The third kappa shape index (κ3) is 1.82. The fourth-order valence-electron chi connectivity index (χ4n) is 1.86. The molecule has 0 amide bonds. The van der Waals surface area contributed by atoms with Crippen LogP contribution in [0.4, 0.5) is 0 Å². The van der Waals surface area contributed by atoms with Crippen molar-refractivity contribution in [2.24, 2.45) is 10.4 Å². The lowest BCUT2D eigenvalue weighted by Gasteiger charge is -2.43. The Bertz CT molecular complexity index is 242. The highest BCUT2D eigenvalue weighted by Crippen LogP contribution is 2.45. The summed E-state index contributed by atoms with van der Waals surface area (Å²) in [5, 5.41) is 0. The van der Waals surface area contributed by atoms with Crippen molar-refractivity contribution < 1.29 is 0 Å². The van der Waals surface area contributed by atoms with E-state index in [9.17, 15) is 0 Å². The predicted molar refractivity (Wildman–Crippen MR) is 66.0 cm³/mol. The van der Waals surface area contributed by atoms with Crippen LogP contribution in [0.15, 0.2) is 29.8 Å². The second-order valence-corrected chi connectivity index (χ2v) is 4.20. The lowest BCUT2D eigenvalue weighted by Crippen LogP contribution is -2.42. The first-order chi connectivity index (χ1) is 6.41. The van der Waals surface area contributed by atoms with Gasteiger partial charge in [0.15, 0.2) is 0 Å². The molecule has 1 nitrogen and oxygen atoms in total. The summed E-state index contributed by atoms with van der Waals surface area (Å²) in [5.41, 5.74) is 0.870. The minimum Gasteiger partial charge on any atom is -0.294 e. The largest absolute Gasteiger partial charge is 0.294 e. The maximum Gasteiger partial charge on any atom is 0.0663 e. The minimum atomic E-state index is -0.146. The Balaban J connectivity index is 5.30. The van der Waals surface area contributed by atoms with E-state index < -0.39 is 0 Å². The molecule has 0 fully saturated rings. The van der Waals surface area contributed by atoms with Crippen LogP contribution in [0.25, 0.3) is 0 Å². The Morgan fingerprint density at radius 2 is 1.79 bits per heavy atom. The zero-order chi connectivity index (χ0) is 11.4. The van der Waals surface area contributed by atoms with E-state index in [1.54, 1.807) is 0 Å². The van der Waals surface area contributed by atoms with Gasteiger partial charge in [0, 0.05) is 5.41 Å².